The maximum atomic E-state index is 10.9. The first kappa shape index (κ1) is 15.0. The van der Waals surface area contributed by atoms with Crippen molar-refractivity contribution in [2.75, 3.05) is 0 Å². The first-order valence-corrected chi connectivity index (χ1v) is 7.62. The first-order valence-electron chi connectivity index (χ1n) is 7.62. The van der Waals surface area contributed by atoms with E-state index in [-0.39, 0.29) is 16.7 Å². The van der Waals surface area contributed by atoms with Crippen LogP contribution in [0.15, 0.2) is 24.3 Å². The smallest absolute Gasteiger partial charge is 0.269 e. The van der Waals surface area contributed by atoms with E-state index >= 15 is 0 Å². The van der Waals surface area contributed by atoms with Gasteiger partial charge in [0.2, 0.25) is 0 Å². The van der Waals surface area contributed by atoms with Crippen LogP contribution in [0, 0.1) is 16.0 Å². The Labute approximate surface area is 120 Å². The van der Waals surface area contributed by atoms with Crippen LogP contribution in [0.2, 0.25) is 0 Å². The predicted molar refractivity (Wildman–Crippen MR) is 80.7 cm³/mol. The summed E-state index contributed by atoms with van der Waals surface area (Å²) in [5, 5.41) is 14.6. The van der Waals surface area contributed by atoms with Crippen LogP contribution in [0.5, 0.6) is 0 Å². The molecular formula is C16H24N2O2. The number of nitro benzene ring substituents is 1. The molecule has 1 aromatic rings. The van der Waals surface area contributed by atoms with Gasteiger partial charge in [0.05, 0.1) is 4.92 Å². The van der Waals surface area contributed by atoms with E-state index in [4.69, 9.17) is 0 Å². The summed E-state index contributed by atoms with van der Waals surface area (Å²) in [6.07, 6.45) is 6.06. The molecule has 0 spiro atoms. The number of rotatable bonds is 5. The minimum Gasteiger partial charge on any atom is -0.307 e. The molecule has 0 aliphatic heterocycles. The van der Waals surface area contributed by atoms with E-state index < -0.39 is 0 Å². The molecule has 2 rings (SSSR count). The van der Waals surface area contributed by atoms with E-state index in [0.717, 1.165) is 12.0 Å². The van der Waals surface area contributed by atoms with Crippen molar-refractivity contribution < 1.29 is 4.92 Å². The Morgan fingerprint density at radius 1 is 1.40 bits per heavy atom. The summed E-state index contributed by atoms with van der Waals surface area (Å²) < 4.78 is 0. The van der Waals surface area contributed by atoms with E-state index in [1.807, 2.05) is 6.07 Å². The van der Waals surface area contributed by atoms with Crippen LogP contribution in [0.4, 0.5) is 5.69 Å². The van der Waals surface area contributed by atoms with Gasteiger partial charge < -0.3 is 5.32 Å². The van der Waals surface area contributed by atoms with Gasteiger partial charge in [0.25, 0.3) is 5.69 Å². The van der Waals surface area contributed by atoms with Crippen molar-refractivity contribution in [1.82, 2.24) is 5.32 Å². The van der Waals surface area contributed by atoms with Crippen LogP contribution in [0.25, 0.3) is 0 Å². The van der Waals surface area contributed by atoms with Gasteiger partial charge in [-0.2, -0.15) is 0 Å². The van der Waals surface area contributed by atoms with E-state index in [0.29, 0.717) is 12.0 Å². The Hall–Kier alpha value is -1.42. The number of non-ortho nitro benzene ring substituents is 1. The molecule has 3 unspecified atom stereocenters. The maximum absolute atomic E-state index is 10.9. The third kappa shape index (κ3) is 3.57. The molecule has 0 amide bonds. The SMILES string of the molecule is CCC(NC1CCCCC1C)c1cccc([N+](=O)[O-])c1. The lowest BCUT2D eigenvalue weighted by Crippen LogP contribution is -2.39. The van der Waals surface area contributed by atoms with Crippen molar-refractivity contribution in [3.8, 4) is 0 Å². The summed E-state index contributed by atoms with van der Waals surface area (Å²) >= 11 is 0. The maximum Gasteiger partial charge on any atom is 0.269 e. The molecule has 4 nitrogen and oxygen atoms in total. The monoisotopic (exact) mass is 276 g/mol. The van der Waals surface area contributed by atoms with E-state index in [1.165, 1.54) is 25.7 Å². The zero-order valence-electron chi connectivity index (χ0n) is 12.3. The highest BCUT2D eigenvalue weighted by Crippen LogP contribution is 2.28. The quantitative estimate of drug-likeness (QED) is 0.647. The second-order valence-corrected chi connectivity index (χ2v) is 5.85. The average molecular weight is 276 g/mol. The van der Waals surface area contributed by atoms with Crippen molar-refractivity contribution in [2.24, 2.45) is 5.92 Å². The number of nitrogens with one attached hydrogen (secondary N) is 1. The Morgan fingerprint density at radius 3 is 2.80 bits per heavy atom. The zero-order valence-corrected chi connectivity index (χ0v) is 12.3. The molecule has 4 heteroatoms. The van der Waals surface area contributed by atoms with Gasteiger partial charge >= 0.3 is 0 Å². The minimum absolute atomic E-state index is 0.180. The van der Waals surface area contributed by atoms with Crippen LogP contribution in [0.3, 0.4) is 0 Å². The molecule has 1 aliphatic rings. The number of nitrogens with zero attached hydrogens (tertiary/aromatic N) is 1. The summed E-state index contributed by atoms with van der Waals surface area (Å²) in [6.45, 7) is 4.43. The number of hydrogen-bond acceptors (Lipinski definition) is 3. The fourth-order valence-corrected chi connectivity index (χ4v) is 3.13. The van der Waals surface area contributed by atoms with Crippen LogP contribution < -0.4 is 5.32 Å². The summed E-state index contributed by atoms with van der Waals surface area (Å²) in [7, 11) is 0. The lowest BCUT2D eigenvalue weighted by Gasteiger charge is -2.33. The Kier molecular flexibility index (Phi) is 5.12. The van der Waals surface area contributed by atoms with Gasteiger partial charge in [0.1, 0.15) is 0 Å². The molecule has 3 atom stereocenters. The van der Waals surface area contributed by atoms with Crippen molar-refractivity contribution >= 4 is 5.69 Å². The van der Waals surface area contributed by atoms with Gasteiger partial charge in [-0.15, -0.1) is 0 Å². The summed E-state index contributed by atoms with van der Waals surface area (Å²) in [5.74, 6) is 0.691. The fourth-order valence-electron chi connectivity index (χ4n) is 3.13. The van der Waals surface area contributed by atoms with Gasteiger partial charge in [-0.25, -0.2) is 0 Å². The number of nitro groups is 1. The Bertz CT molecular complexity index is 462. The average Bonchev–Trinajstić information content (AvgIpc) is 2.46. The molecule has 1 aromatic carbocycles. The normalized spacial score (nSPS) is 24.3. The van der Waals surface area contributed by atoms with Gasteiger partial charge in [0, 0.05) is 24.2 Å². The molecule has 1 aliphatic carbocycles. The molecule has 1 N–H and O–H groups in total. The van der Waals surface area contributed by atoms with E-state index in [9.17, 15) is 10.1 Å². The van der Waals surface area contributed by atoms with Crippen molar-refractivity contribution in [1.29, 1.82) is 0 Å². The molecule has 20 heavy (non-hydrogen) atoms. The summed E-state index contributed by atoms with van der Waals surface area (Å²) in [6, 6.07) is 7.77. The second-order valence-electron chi connectivity index (χ2n) is 5.85. The molecule has 1 fully saturated rings. The van der Waals surface area contributed by atoms with E-state index in [1.54, 1.807) is 18.2 Å². The molecule has 1 saturated carbocycles. The van der Waals surface area contributed by atoms with Crippen molar-refractivity contribution in [2.45, 2.75) is 58.0 Å². The Balaban J connectivity index is 2.11. The molecule has 0 bridgehead atoms. The lowest BCUT2D eigenvalue weighted by molar-refractivity contribution is -0.384. The summed E-state index contributed by atoms with van der Waals surface area (Å²) in [4.78, 5) is 10.6. The van der Waals surface area contributed by atoms with Crippen LogP contribution >= 0.6 is 0 Å². The molecule has 0 radical (unpaired) electrons. The van der Waals surface area contributed by atoms with Crippen molar-refractivity contribution in [3.63, 3.8) is 0 Å². The van der Waals surface area contributed by atoms with Gasteiger partial charge in [-0.05, 0) is 30.7 Å². The predicted octanol–water partition coefficient (Wildman–Crippen LogP) is 4.21. The second kappa shape index (κ2) is 6.84. The molecule has 110 valence electrons. The third-order valence-electron chi connectivity index (χ3n) is 4.42. The molecule has 0 saturated heterocycles. The Morgan fingerprint density at radius 2 is 2.15 bits per heavy atom. The largest absolute Gasteiger partial charge is 0.307 e. The molecule has 0 heterocycles. The van der Waals surface area contributed by atoms with Crippen LogP contribution in [-0.2, 0) is 0 Å². The van der Waals surface area contributed by atoms with Gasteiger partial charge in [-0.1, -0.05) is 38.8 Å². The fraction of sp³-hybridized carbons (Fsp3) is 0.625. The topological polar surface area (TPSA) is 55.2 Å². The first-order chi connectivity index (χ1) is 9.61. The van der Waals surface area contributed by atoms with Gasteiger partial charge in [-0.3, -0.25) is 10.1 Å². The molecular weight excluding hydrogens is 252 g/mol. The van der Waals surface area contributed by atoms with Gasteiger partial charge in [0.15, 0.2) is 0 Å². The highest BCUT2D eigenvalue weighted by molar-refractivity contribution is 5.35. The molecule has 0 aromatic heterocycles. The van der Waals surface area contributed by atoms with Crippen LogP contribution in [0.1, 0.15) is 57.6 Å². The standard InChI is InChI=1S/C16H24N2O2/c1-3-15(17-16-10-5-4-7-12(16)2)13-8-6-9-14(11-13)18(19)20/h6,8-9,11-12,15-17H,3-5,7,10H2,1-2H3. The van der Waals surface area contributed by atoms with Crippen LogP contribution in [-0.4, -0.2) is 11.0 Å². The zero-order chi connectivity index (χ0) is 14.5. The number of hydrogen-bond donors (Lipinski definition) is 1. The number of benzene rings is 1. The van der Waals surface area contributed by atoms with E-state index in [2.05, 4.69) is 19.2 Å². The van der Waals surface area contributed by atoms with Crippen molar-refractivity contribution in [3.05, 3.63) is 39.9 Å². The minimum atomic E-state index is -0.320. The highest BCUT2D eigenvalue weighted by atomic mass is 16.6. The third-order valence-corrected chi connectivity index (χ3v) is 4.42. The lowest BCUT2D eigenvalue weighted by atomic mass is 9.85. The summed E-state index contributed by atoms with van der Waals surface area (Å²) in [5.41, 5.74) is 1.21. The highest BCUT2D eigenvalue weighted by Gasteiger charge is 2.24.